The number of benzene rings is 1. The van der Waals surface area contributed by atoms with Gasteiger partial charge in [0.2, 0.25) is 5.95 Å². The first kappa shape index (κ1) is 29.6. The molecule has 1 atom stereocenters. The fraction of sp³-hybridized carbons (Fsp3) is 0.414. The molecule has 0 fully saturated rings. The molecule has 1 unspecified atom stereocenters. The maximum absolute atomic E-state index is 13.5. The molecule has 12 heteroatoms. The molecule has 1 aliphatic heterocycles. The molecule has 0 saturated heterocycles. The number of aliphatic carboxylic acids is 1. The summed E-state index contributed by atoms with van der Waals surface area (Å²) in [6, 6.07) is 8.19. The van der Waals surface area contributed by atoms with Gasteiger partial charge in [-0.2, -0.15) is 5.26 Å². The van der Waals surface area contributed by atoms with E-state index in [0.29, 0.717) is 19.6 Å². The van der Waals surface area contributed by atoms with E-state index in [4.69, 9.17) is 15.0 Å². The van der Waals surface area contributed by atoms with Crippen molar-refractivity contribution >= 4 is 17.7 Å². The quantitative estimate of drug-likeness (QED) is 0.232. The lowest BCUT2D eigenvalue weighted by Crippen LogP contribution is -2.37. The van der Waals surface area contributed by atoms with E-state index in [1.807, 2.05) is 6.07 Å². The van der Waals surface area contributed by atoms with Crippen molar-refractivity contribution in [2.75, 3.05) is 43.4 Å². The van der Waals surface area contributed by atoms with E-state index in [1.165, 1.54) is 18.0 Å². The van der Waals surface area contributed by atoms with Crippen LogP contribution in [-0.4, -0.2) is 69.8 Å². The SMILES string of the molecule is N#Cc1cnc(NC(CCN(CCCCc2ccc3c(n2)NCCC3)CCOc2cc(F)cc(F)c2)C(=O)O)nc1. The van der Waals surface area contributed by atoms with Gasteiger partial charge in [-0.05, 0) is 56.7 Å². The Morgan fingerprint density at radius 1 is 1.15 bits per heavy atom. The van der Waals surface area contributed by atoms with Gasteiger partial charge in [0.05, 0.1) is 18.0 Å². The summed E-state index contributed by atoms with van der Waals surface area (Å²) in [4.78, 5) is 26.7. The number of nitriles is 1. The van der Waals surface area contributed by atoms with E-state index >= 15 is 0 Å². The minimum absolute atomic E-state index is 0.0950. The van der Waals surface area contributed by atoms with Crippen molar-refractivity contribution in [1.82, 2.24) is 19.9 Å². The molecule has 3 N–H and O–H groups in total. The number of rotatable bonds is 15. The highest BCUT2D eigenvalue weighted by Gasteiger charge is 2.20. The molecule has 3 aromatic rings. The van der Waals surface area contributed by atoms with Crippen molar-refractivity contribution in [2.45, 2.75) is 44.6 Å². The van der Waals surface area contributed by atoms with Crippen LogP contribution in [-0.2, 0) is 17.6 Å². The summed E-state index contributed by atoms with van der Waals surface area (Å²) in [5.41, 5.74) is 2.55. The summed E-state index contributed by atoms with van der Waals surface area (Å²) in [5, 5.41) is 24.8. The average molecular weight is 566 g/mol. The number of hydrogen-bond donors (Lipinski definition) is 3. The topological polar surface area (TPSA) is 136 Å². The molecule has 216 valence electrons. The minimum Gasteiger partial charge on any atom is -0.492 e. The Labute approximate surface area is 237 Å². The Morgan fingerprint density at radius 3 is 2.66 bits per heavy atom. The molecule has 3 heterocycles. The van der Waals surface area contributed by atoms with Crippen molar-refractivity contribution in [1.29, 1.82) is 5.26 Å². The lowest BCUT2D eigenvalue weighted by atomic mass is 10.1. The average Bonchev–Trinajstić information content (AvgIpc) is 2.96. The number of carboxylic acids is 1. The number of nitrogens with one attached hydrogen (secondary N) is 2. The van der Waals surface area contributed by atoms with Crippen LogP contribution < -0.4 is 15.4 Å². The fourth-order valence-electron chi connectivity index (χ4n) is 4.57. The zero-order valence-electron chi connectivity index (χ0n) is 22.7. The molecule has 0 radical (unpaired) electrons. The molecule has 1 aliphatic rings. The van der Waals surface area contributed by atoms with Gasteiger partial charge in [0.15, 0.2) is 0 Å². The highest BCUT2D eigenvalue weighted by molar-refractivity contribution is 5.76. The number of carbonyl (C=O) groups is 1. The second kappa shape index (κ2) is 14.9. The van der Waals surface area contributed by atoms with Gasteiger partial charge in [0, 0.05) is 43.5 Å². The second-order valence-corrected chi connectivity index (χ2v) is 9.82. The first-order valence-corrected chi connectivity index (χ1v) is 13.6. The molecule has 2 aromatic heterocycles. The first-order chi connectivity index (χ1) is 19.9. The summed E-state index contributed by atoms with van der Waals surface area (Å²) >= 11 is 0. The van der Waals surface area contributed by atoms with Crippen LogP contribution in [0.3, 0.4) is 0 Å². The number of carboxylic acid groups (broad SMARTS) is 1. The van der Waals surface area contributed by atoms with E-state index in [1.54, 1.807) is 0 Å². The van der Waals surface area contributed by atoms with Crippen LogP contribution in [0.4, 0.5) is 20.5 Å². The van der Waals surface area contributed by atoms with E-state index in [9.17, 15) is 18.7 Å². The lowest BCUT2D eigenvalue weighted by Gasteiger charge is -2.24. The van der Waals surface area contributed by atoms with E-state index in [2.05, 4.69) is 37.6 Å². The van der Waals surface area contributed by atoms with Gasteiger partial charge >= 0.3 is 5.97 Å². The van der Waals surface area contributed by atoms with Crippen LogP contribution in [0.15, 0.2) is 42.7 Å². The molecule has 4 rings (SSSR count). The highest BCUT2D eigenvalue weighted by Crippen LogP contribution is 2.20. The van der Waals surface area contributed by atoms with Crippen molar-refractivity contribution in [3.05, 3.63) is 71.2 Å². The van der Waals surface area contributed by atoms with Crippen LogP contribution in [0, 0.1) is 23.0 Å². The van der Waals surface area contributed by atoms with Crippen LogP contribution in [0.2, 0.25) is 0 Å². The zero-order chi connectivity index (χ0) is 29.0. The molecular weight excluding hydrogens is 532 g/mol. The fourth-order valence-corrected chi connectivity index (χ4v) is 4.57. The molecule has 1 aromatic carbocycles. The maximum atomic E-state index is 13.5. The number of pyridine rings is 1. The van der Waals surface area contributed by atoms with Crippen molar-refractivity contribution in [3.63, 3.8) is 0 Å². The predicted octanol–water partition coefficient (Wildman–Crippen LogP) is 4.04. The number of unbranched alkanes of at least 4 members (excludes halogenated alkanes) is 1. The second-order valence-electron chi connectivity index (χ2n) is 9.82. The third-order valence-corrected chi connectivity index (χ3v) is 6.74. The largest absolute Gasteiger partial charge is 0.492 e. The summed E-state index contributed by atoms with van der Waals surface area (Å²) in [6.45, 7) is 2.63. The van der Waals surface area contributed by atoms with E-state index in [-0.39, 0.29) is 30.3 Å². The summed E-state index contributed by atoms with van der Waals surface area (Å²) in [6.07, 6.45) is 7.57. The molecule has 0 saturated carbocycles. The third-order valence-electron chi connectivity index (χ3n) is 6.74. The van der Waals surface area contributed by atoms with Crippen LogP contribution >= 0.6 is 0 Å². The molecule has 0 spiro atoms. The standard InChI is InChI=1S/C29H33F2N7O3/c30-22-14-23(31)16-25(15-22)41-13-12-38(10-2-1-5-24-7-6-21-4-3-9-33-27(21)36-24)11-8-26(28(39)40)37-29-34-18-20(17-32)19-35-29/h6-7,14-16,18-19,26H,1-5,8-13H2,(H,33,36)(H,39,40)(H,34,35,37). The van der Waals surface area contributed by atoms with Gasteiger partial charge in [-0.15, -0.1) is 0 Å². The number of ether oxygens (including phenoxy) is 1. The Morgan fingerprint density at radius 2 is 1.93 bits per heavy atom. The Hall–Kier alpha value is -4.37. The first-order valence-electron chi connectivity index (χ1n) is 13.6. The van der Waals surface area contributed by atoms with Gasteiger partial charge in [0.1, 0.15) is 41.9 Å². The Bertz CT molecular complexity index is 1330. The molecule has 41 heavy (non-hydrogen) atoms. The van der Waals surface area contributed by atoms with Gasteiger partial charge in [-0.1, -0.05) is 6.07 Å². The molecule has 0 bridgehead atoms. The number of nitrogens with zero attached hydrogens (tertiary/aromatic N) is 5. The molecule has 0 aliphatic carbocycles. The van der Waals surface area contributed by atoms with Crippen LogP contribution in [0.25, 0.3) is 0 Å². The third kappa shape index (κ3) is 9.36. The van der Waals surface area contributed by atoms with Crippen molar-refractivity contribution < 1.29 is 23.4 Å². The number of aryl methyl sites for hydroxylation is 2. The van der Waals surface area contributed by atoms with Crippen molar-refractivity contribution in [2.24, 2.45) is 0 Å². The predicted molar refractivity (Wildman–Crippen MR) is 149 cm³/mol. The molecule has 10 nitrogen and oxygen atoms in total. The normalized spacial score (nSPS) is 13.1. The summed E-state index contributed by atoms with van der Waals surface area (Å²) < 4.78 is 32.6. The van der Waals surface area contributed by atoms with Gasteiger partial charge in [-0.25, -0.2) is 28.5 Å². The number of aromatic nitrogens is 3. The van der Waals surface area contributed by atoms with Gasteiger partial charge in [-0.3, -0.25) is 4.90 Å². The number of anilines is 2. The zero-order valence-corrected chi connectivity index (χ0v) is 22.7. The van der Waals surface area contributed by atoms with Gasteiger partial charge < -0.3 is 20.5 Å². The maximum Gasteiger partial charge on any atom is 0.326 e. The monoisotopic (exact) mass is 565 g/mol. The lowest BCUT2D eigenvalue weighted by molar-refractivity contribution is -0.138. The molecule has 0 amide bonds. The Kier molecular flexibility index (Phi) is 10.7. The summed E-state index contributed by atoms with van der Waals surface area (Å²) in [7, 11) is 0. The van der Waals surface area contributed by atoms with Crippen LogP contribution in [0.5, 0.6) is 5.75 Å². The smallest absolute Gasteiger partial charge is 0.326 e. The van der Waals surface area contributed by atoms with E-state index in [0.717, 1.165) is 68.4 Å². The highest BCUT2D eigenvalue weighted by atomic mass is 19.1. The Balaban J connectivity index is 1.32. The van der Waals surface area contributed by atoms with Gasteiger partial charge in [0.25, 0.3) is 0 Å². The van der Waals surface area contributed by atoms with Crippen molar-refractivity contribution in [3.8, 4) is 11.8 Å². The number of fused-ring (bicyclic) bond motifs is 1. The number of hydrogen-bond acceptors (Lipinski definition) is 9. The number of halogens is 2. The summed E-state index contributed by atoms with van der Waals surface area (Å²) in [5.74, 6) is -1.31. The van der Waals surface area contributed by atoms with E-state index < -0.39 is 23.6 Å². The molecular formula is C29H33F2N7O3. The minimum atomic E-state index is -1.06. The van der Waals surface area contributed by atoms with Crippen LogP contribution in [0.1, 0.15) is 42.5 Å².